The second-order valence-electron chi connectivity index (χ2n) is 6.68. The highest BCUT2D eigenvalue weighted by Gasteiger charge is 2.24. The fourth-order valence-electron chi connectivity index (χ4n) is 2.08. The summed E-state index contributed by atoms with van der Waals surface area (Å²) in [4.78, 5) is 36.2. The fourth-order valence-corrected chi connectivity index (χ4v) is 2.53. The van der Waals surface area contributed by atoms with Crippen LogP contribution in [0, 0.1) is 17.8 Å². The van der Waals surface area contributed by atoms with Crippen LogP contribution in [0.15, 0.2) is 17.1 Å². The largest absolute Gasteiger partial charge is 0.350 e. The maximum atomic E-state index is 12.1. The lowest BCUT2D eigenvalue weighted by molar-refractivity contribution is -0.353. The van der Waals surface area contributed by atoms with Crippen LogP contribution in [0.2, 0.25) is 0 Å². The molecular weight excluding hydrogens is 329 g/mol. The average molecular weight is 359 g/mol. The minimum Gasteiger partial charge on any atom is -0.350 e. The highest BCUT2D eigenvalue weighted by Crippen LogP contribution is 2.27. The summed E-state index contributed by atoms with van der Waals surface area (Å²) in [5.74, 6) is -0.0506. The Balaban J connectivity index is 2.35. The van der Waals surface area contributed by atoms with Crippen molar-refractivity contribution in [1.82, 2.24) is 0 Å². The first kappa shape index (κ1) is 21.4. The molecule has 5 unspecified atom stereocenters. The standard InChI is InChI=1S/C17H30NO5P/c1-11(2)16-8-7-15(17(19)18-16)9-13(4)22-23-14(5)12(3)10-21-24(6)20/h7-8,11-15,20H,9-10H2,1-6H3. The van der Waals surface area contributed by atoms with E-state index in [-0.39, 0.29) is 35.9 Å². The van der Waals surface area contributed by atoms with Crippen LogP contribution in [0.1, 0.15) is 41.0 Å². The molecule has 0 saturated heterocycles. The van der Waals surface area contributed by atoms with Crippen LogP contribution in [-0.2, 0) is 19.1 Å². The lowest BCUT2D eigenvalue weighted by Gasteiger charge is -2.23. The van der Waals surface area contributed by atoms with Gasteiger partial charge >= 0.3 is 0 Å². The van der Waals surface area contributed by atoms with Crippen molar-refractivity contribution >= 4 is 20.0 Å². The third-order valence-electron chi connectivity index (χ3n) is 3.93. The molecule has 1 aliphatic heterocycles. The van der Waals surface area contributed by atoms with E-state index in [1.165, 1.54) is 0 Å². The predicted octanol–water partition coefficient (Wildman–Crippen LogP) is 3.50. The average Bonchev–Trinajstić information content (AvgIpc) is 2.51. The molecule has 1 rings (SSSR count). The van der Waals surface area contributed by atoms with Crippen molar-refractivity contribution in [1.29, 1.82) is 0 Å². The third-order valence-corrected chi connectivity index (χ3v) is 4.45. The van der Waals surface area contributed by atoms with Crippen molar-refractivity contribution in [3.63, 3.8) is 0 Å². The number of allylic oxidation sites excluding steroid dienone is 1. The van der Waals surface area contributed by atoms with Crippen LogP contribution >= 0.6 is 8.38 Å². The fraction of sp³-hybridized carbons (Fsp3) is 0.765. The zero-order chi connectivity index (χ0) is 18.3. The molecule has 1 aliphatic rings. The second-order valence-corrected chi connectivity index (χ2v) is 7.86. The minimum absolute atomic E-state index is 0.0868. The van der Waals surface area contributed by atoms with Gasteiger partial charge in [-0.25, -0.2) is 14.8 Å². The number of carbonyl (C=O) groups is 1. The van der Waals surface area contributed by atoms with Crippen LogP contribution in [-0.4, -0.2) is 42.0 Å². The molecule has 5 atom stereocenters. The molecule has 1 N–H and O–H groups in total. The Morgan fingerprint density at radius 3 is 2.46 bits per heavy atom. The molecule has 0 spiro atoms. The van der Waals surface area contributed by atoms with Gasteiger partial charge in [0, 0.05) is 18.3 Å². The molecule has 0 aromatic heterocycles. The van der Waals surface area contributed by atoms with Gasteiger partial charge in [0.25, 0.3) is 5.91 Å². The lowest BCUT2D eigenvalue weighted by atomic mass is 9.95. The quantitative estimate of drug-likeness (QED) is 0.367. The van der Waals surface area contributed by atoms with Gasteiger partial charge in [0.2, 0.25) is 0 Å². The zero-order valence-electron chi connectivity index (χ0n) is 15.4. The number of aliphatic imine (C=N–C) groups is 1. The first-order valence-corrected chi connectivity index (χ1v) is 10.0. The molecule has 138 valence electrons. The van der Waals surface area contributed by atoms with Gasteiger partial charge in [0.1, 0.15) is 0 Å². The van der Waals surface area contributed by atoms with E-state index in [2.05, 4.69) is 4.99 Å². The van der Waals surface area contributed by atoms with Crippen molar-refractivity contribution < 1.29 is 24.0 Å². The minimum atomic E-state index is -1.36. The summed E-state index contributed by atoms with van der Waals surface area (Å²) in [5.41, 5.74) is 0.822. The van der Waals surface area contributed by atoms with Crippen LogP contribution in [0.4, 0.5) is 0 Å². The van der Waals surface area contributed by atoms with E-state index in [4.69, 9.17) is 14.3 Å². The van der Waals surface area contributed by atoms with Gasteiger partial charge in [-0.1, -0.05) is 26.8 Å². The van der Waals surface area contributed by atoms with Gasteiger partial charge in [-0.2, -0.15) is 0 Å². The van der Waals surface area contributed by atoms with Crippen molar-refractivity contribution in [2.45, 2.75) is 53.2 Å². The van der Waals surface area contributed by atoms with E-state index in [1.807, 2.05) is 46.8 Å². The molecule has 1 heterocycles. The van der Waals surface area contributed by atoms with Crippen molar-refractivity contribution in [3.05, 3.63) is 12.2 Å². The zero-order valence-corrected chi connectivity index (χ0v) is 16.3. The second kappa shape index (κ2) is 10.4. The number of hydrogen-bond donors (Lipinski definition) is 1. The molecule has 24 heavy (non-hydrogen) atoms. The smallest absolute Gasteiger partial charge is 0.252 e. The first-order chi connectivity index (χ1) is 11.2. The van der Waals surface area contributed by atoms with Gasteiger partial charge in [0.05, 0.1) is 24.7 Å². The Morgan fingerprint density at radius 2 is 1.92 bits per heavy atom. The molecule has 0 radical (unpaired) electrons. The highest BCUT2D eigenvalue weighted by atomic mass is 31.2. The van der Waals surface area contributed by atoms with E-state index in [0.29, 0.717) is 13.0 Å². The lowest BCUT2D eigenvalue weighted by Crippen LogP contribution is -2.27. The topological polar surface area (TPSA) is 77.4 Å². The summed E-state index contributed by atoms with van der Waals surface area (Å²) >= 11 is 0. The van der Waals surface area contributed by atoms with Gasteiger partial charge in [-0.05, 0) is 32.3 Å². The molecule has 0 aromatic carbocycles. The summed E-state index contributed by atoms with van der Waals surface area (Å²) in [5, 5.41) is 0. The molecule has 0 aromatic rings. The van der Waals surface area contributed by atoms with Crippen LogP contribution < -0.4 is 0 Å². The number of amides is 1. The Hall–Kier alpha value is -0.650. The SMILES string of the molecule is CC(CC1C=CC(C(C)C)=NC1=O)OOC(C)C(C)COP(C)O. The van der Waals surface area contributed by atoms with Crippen LogP contribution in [0.25, 0.3) is 0 Å². The predicted molar refractivity (Wildman–Crippen MR) is 95.8 cm³/mol. The number of nitrogens with zero attached hydrogens (tertiary/aromatic N) is 1. The molecule has 1 amide bonds. The summed E-state index contributed by atoms with van der Waals surface area (Å²) in [7, 11) is -1.36. The third kappa shape index (κ3) is 7.49. The van der Waals surface area contributed by atoms with Crippen LogP contribution in [0.5, 0.6) is 0 Å². The highest BCUT2D eigenvalue weighted by molar-refractivity contribution is 7.45. The number of rotatable bonds is 10. The van der Waals surface area contributed by atoms with E-state index in [0.717, 1.165) is 5.71 Å². The maximum absolute atomic E-state index is 12.1. The van der Waals surface area contributed by atoms with Gasteiger partial charge in [-0.3, -0.25) is 4.79 Å². The van der Waals surface area contributed by atoms with Gasteiger partial charge < -0.3 is 9.42 Å². The molecule has 6 nitrogen and oxygen atoms in total. The van der Waals surface area contributed by atoms with E-state index < -0.39 is 8.38 Å². The summed E-state index contributed by atoms with van der Waals surface area (Å²) < 4.78 is 5.21. The number of dihydropyridines is 1. The van der Waals surface area contributed by atoms with E-state index in [9.17, 15) is 9.69 Å². The molecule has 0 fully saturated rings. The van der Waals surface area contributed by atoms with Crippen molar-refractivity contribution in [3.8, 4) is 0 Å². The summed E-state index contributed by atoms with van der Waals surface area (Å²) in [6.07, 6.45) is 3.94. The normalized spacial score (nSPS) is 23.1. The van der Waals surface area contributed by atoms with E-state index in [1.54, 1.807) is 6.66 Å². The van der Waals surface area contributed by atoms with Crippen molar-refractivity contribution in [2.24, 2.45) is 22.7 Å². The molecule has 7 heteroatoms. The molecule has 0 bridgehead atoms. The first-order valence-electron chi connectivity index (χ1n) is 8.39. The van der Waals surface area contributed by atoms with Crippen molar-refractivity contribution in [2.75, 3.05) is 13.3 Å². The van der Waals surface area contributed by atoms with E-state index >= 15 is 0 Å². The Bertz CT molecular complexity index is 464. The number of carbonyl (C=O) groups excluding carboxylic acids is 1. The van der Waals surface area contributed by atoms with Crippen LogP contribution in [0.3, 0.4) is 0 Å². The number of hydrogen-bond acceptors (Lipinski definition) is 5. The van der Waals surface area contributed by atoms with Gasteiger partial charge in [-0.15, -0.1) is 0 Å². The Morgan fingerprint density at radius 1 is 1.25 bits per heavy atom. The van der Waals surface area contributed by atoms with Gasteiger partial charge in [0.15, 0.2) is 8.38 Å². The summed E-state index contributed by atoms with van der Waals surface area (Å²) in [6, 6.07) is 0. The Labute approximate surface area is 146 Å². The summed E-state index contributed by atoms with van der Waals surface area (Å²) in [6.45, 7) is 11.8. The molecular formula is C17H30NO5P. The maximum Gasteiger partial charge on any atom is 0.252 e. The molecule has 0 aliphatic carbocycles. The molecule has 0 saturated carbocycles. The monoisotopic (exact) mass is 359 g/mol. The Kier molecular flexibility index (Phi) is 9.24.